The molecule has 7 nitrogen and oxygen atoms in total. The van der Waals surface area contributed by atoms with Gasteiger partial charge in [-0.1, -0.05) is 34.8 Å². The van der Waals surface area contributed by atoms with Gasteiger partial charge >= 0.3 is 0 Å². The first-order valence-corrected chi connectivity index (χ1v) is 9.81. The van der Waals surface area contributed by atoms with Crippen LogP contribution in [0.5, 0.6) is 0 Å². The van der Waals surface area contributed by atoms with Gasteiger partial charge in [-0.25, -0.2) is 13.5 Å². The molecule has 1 aromatic heterocycles. The molecule has 1 aliphatic rings. The van der Waals surface area contributed by atoms with E-state index in [4.69, 9.17) is 34.8 Å². The molecule has 0 radical (unpaired) electrons. The molecular formula is C14H13Cl3N4O3S. The summed E-state index contributed by atoms with van der Waals surface area (Å²) in [7, 11) is -3.77. The molecule has 1 saturated heterocycles. The number of piperazine rings is 1. The molecule has 11 heteroatoms. The second-order valence-corrected chi connectivity index (χ2v) is 8.49. The number of hydrogen-bond acceptors (Lipinski definition) is 5. The van der Waals surface area contributed by atoms with Crippen molar-refractivity contribution in [2.24, 2.45) is 0 Å². The van der Waals surface area contributed by atoms with E-state index < -0.39 is 15.6 Å². The Labute approximate surface area is 159 Å². The van der Waals surface area contributed by atoms with Gasteiger partial charge in [0.05, 0.1) is 16.9 Å². The number of halogens is 3. The number of aromatic nitrogens is 2. The average molecular weight is 424 g/mol. The summed E-state index contributed by atoms with van der Waals surface area (Å²) in [6, 6.07) is 4.32. The average Bonchev–Trinajstić information content (AvgIpc) is 2.59. The monoisotopic (exact) mass is 422 g/mol. The lowest BCUT2D eigenvalue weighted by atomic mass is 10.3. The molecule has 3 rings (SSSR count). The van der Waals surface area contributed by atoms with Crippen LogP contribution in [0, 0.1) is 0 Å². The van der Waals surface area contributed by atoms with E-state index in [-0.39, 0.29) is 28.0 Å². The first kappa shape index (κ1) is 18.5. The van der Waals surface area contributed by atoms with Crippen LogP contribution >= 0.6 is 34.8 Å². The smallest absolute Gasteiger partial charge is 0.285 e. The van der Waals surface area contributed by atoms with Crippen molar-refractivity contribution in [1.82, 2.24) is 14.5 Å². The van der Waals surface area contributed by atoms with Crippen LogP contribution in [-0.4, -0.2) is 49.1 Å². The largest absolute Gasteiger partial charge is 0.366 e. The van der Waals surface area contributed by atoms with Crippen LogP contribution in [0.3, 0.4) is 0 Å². The second kappa shape index (κ2) is 7.13. The molecule has 1 aromatic carbocycles. The summed E-state index contributed by atoms with van der Waals surface area (Å²) in [5.74, 6) is 0. The van der Waals surface area contributed by atoms with Gasteiger partial charge in [0, 0.05) is 31.2 Å². The van der Waals surface area contributed by atoms with Gasteiger partial charge in [0.25, 0.3) is 5.56 Å². The number of nitrogens with zero attached hydrogens (tertiary/aromatic N) is 3. The topological polar surface area (TPSA) is 86.4 Å². The van der Waals surface area contributed by atoms with Gasteiger partial charge in [0.2, 0.25) is 10.0 Å². The van der Waals surface area contributed by atoms with Crippen LogP contribution in [0.25, 0.3) is 0 Å². The number of anilines is 1. The SMILES string of the molecule is O=c1[nH]ncc(N2CCN(S(=O)(=O)c3cc(Cl)ccc3Cl)CC2)c1Cl. The molecule has 0 atom stereocenters. The molecule has 0 spiro atoms. The molecule has 2 aromatic rings. The maximum atomic E-state index is 12.8. The van der Waals surface area contributed by atoms with Crippen LogP contribution in [0.2, 0.25) is 15.1 Å². The number of nitrogens with one attached hydrogen (secondary N) is 1. The fourth-order valence-corrected chi connectivity index (χ4v) is 4.95. The Morgan fingerprint density at radius 2 is 1.76 bits per heavy atom. The first-order chi connectivity index (χ1) is 11.8. The Hall–Kier alpha value is -1.32. The minimum absolute atomic E-state index is 0.0222. The van der Waals surface area contributed by atoms with Gasteiger partial charge in [0.15, 0.2) is 0 Å². The summed E-state index contributed by atoms with van der Waals surface area (Å²) in [5, 5.41) is 6.42. The van der Waals surface area contributed by atoms with Crippen molar-refractivity contribution in [2.45, 2.75) is 4.90 Å². The molecule has 0 unspecified atom stereocenters. The van der Waals surface area contributed by atoms with Crippen molar-refractivity contribution >= 4 is 50.5 Å². The standard InChI is InChI=1S/C14H13Cl3N4O3S/c15-9-1-2-10(16)12(7-9)25(23,24)21-5-3-20(4-6-21)11-8-18-19-14(22)13(11)17/h1-2,7-8H,3-6H2,(H,19,22). The predicted molar refractivity (Wildman–Crippen MR) is 97.3 cm³/mol. The van der Waals surface area contributed by atoms with Crippen LogP contribution in [0.1, 0.15) is 0 Å². The van der Waals surface area contributed by atoms with Crippen molar-refractivity contribution in [3.05, 3.63) is 49.8 Å². The summed E-state index contributed by atoms with van der Waals surface area (Å²) in [5.41, 5.74) is -0.0109. The highest BCUT2D eigenvalue weighted by molar-refractivity contribution is 7.89. The first-order valence-electron chi connectivity index (χ1n) is 7.24. The summed E-state index contributed by atoms with van der Waals surface area (Å²) in [6.45, 7) is 1.16. The van der Waals surface area contributed by atoms with Crippen LogP contribution < -0.4 is 10.5 Å². The highest BCUT2D eigenvalue weighted by atomic mass is 35.5. The number of sulfonamides is 1. The third-order valence-corrected chi connectivity index (χ3v) is 6.85. The Morgan fingerprint density at radius 3 is 2.44 bits per heavy atom. The molecule has 1 fully saturated rings. The molecule has 1 aliphatic heterocycles. The van der Waals surface area contributed by atoms with Gasteiger partial charge in [-0.15, -0.1) is 0 Å². The molecule has 0 aliphatic carbocycles. The molecule has 0 bridgehead atoms. The highest BCUT2D eigenvalue weighted by Gasteiger charge is 2.31. The van der Waals surface area contributed by atoms with E-state index >= 15 is 0 Å². The van der Waals surface area contributed by atoms with Gasteiger partial charge in [-0.2, -0.15) is 9.40 Å². The van der Waals surface area contributed by atoms with Crippen molar-refractivity contribution in [3.8, 4) is 0 Å². The fourth-order valence-electron chi connectivity index (χ4n) is 2.58. The lowest BCUT2D eigenvalue weighted by molar-refractivity contribution is 0.384. The van der Waals surface area contributed by atoms with Crippen LogP contribution in [0.4, 0.5) is 5.69 Å². The van der Waals surface area contributed by atoms with E-state index in [9.17, 15) is 13.2 Å². The molecule has 25 heavy (non-hydrogen) atoms. The van der Waals surface area contributed by atoms with Crippen molar-refractivity contribution < 1.29 is 8.42 Å². The van der Waals surface area contributed by atoms with E-state index in [0.29, 0.717) is 23.8 Å². The van der Waals surface area contributed by atoms with Gasteiger partial charge < -0.3 is 4.90 Å². The number of aromatic amines is 1. The Kier molecular flexibility index (Phi) is 5.26. The molecular weight excluding hydrogens is 411 g/mol. The Morgan fingerprint density at radius 1 is 1.08 bits per heavy atom. The molecule has 134 valence electrons. The second-order valence-electron chi connectivity index (χ2n) is 5.36. The fraction of sp³-hybridized carbons (Fsp3) is 0.286. The van der Waals surface area contributed by atoms with E-state index in [1.54, 1.807) is 0 Å². The Bertz CT molecular complexity index is 956. The molecule has 0 saturated carbocycles. The van der Waals surface area contributed by atoms with Gasteiger partial charge in [-0.05, 0) is 18.2 Å². The lowest BCUT2D eigenvalue weighted by Gasteiger charge is -2.35. The summed E-state index contributed by atoms with van der Waals surface area (Å²) < 4.78 is 26.9. The quantitative estimate of drug-likeness (QED) is 0.818. The highest BCUT2D eigenvalue weighted by Crippen LogP contribution is 2.29. The maximum Gasteiger partial charge on any atom is 0.285 e. The zero-order valence-electron chi connectivity index (χ0n) is 12.7. The number of benzene rings is 1. The van der Waals surface area contributed by atoms with Gasteiger partial charge in [0.1, 0.15) is 9.92 Å². The maximum absolute atomic E-state index is 12.8. The zero-order chi connectivity index (χ0) is 18.2. The third-order valence-electron chi connectivity index (χ3n) is 3.87. The predicted octanol–water partition coefficient (Wildman–Crippen LogP) is 2.24. The van der Waals surface area contributed by atoms with Crippen molar-refractivity contribution in [3.63, 3.8) is 0 Å². The minimum atomic E-state index is -3.77. The molecule has 0 amide bonds. The number of H-pyrrole nitrogens is 1. The van der Waals surface area contributed by atoms with Gasteiger partial charge in [-0.3, -0.25) is 4.79 Å². The van der Waals surface area contributed by atoms with E-state index in [0.717, 1.165) is 0 Å². The Balaban J connectivity index is 1.81. The lowest BCUT2D eigenvalue weighted by Crippen LogP contribution is -2.49. The third kappa shape index (κ3) is 3.63. The number of hydrogen-bond donors (Lipinski definition) is 1. The summed E-state index contributed by atoms with van der Waals surface area (Å²) >= 11 is 17.9. The summed E-state index contributed by atoms with van der Waals surface area (Å²) in [4.78, 5) is 13.3. The normalized spacial score (nSPS) is 16.2. The summed E-state index contributed by atoms with van der Waals surface area (Å²) in [6.07, 6.45) is 1.45. The van der Waals surface area contributed by atoms with Crippen molar-refractivity contribution in [2.75, 3.05) is 31.1 Å². The van der Waals surface area contributed by atoms with E-state index in [2.05, 4.69) is 10.2 Å². The van der Waals surface area contributed by atoms with E-state index in [1.807, 2.05) is 4.90 Å². The number of rotatable bonds is 3. The van der Waals surface area contributed by atoms with E-state index in [1.165, 1.54) is 28.7 Å². The van der Waals surface area contributed by atoms with Crippen LogP contribution in [-0.2, 0) is 10.0 Å². The molecule has 2 heterocycles. The zero-order valence-corrected chi connectivity index (χ0v) is 15.8. The molecule has 1 N–H and O–H groups in total. The van der Waals surface area contributed by atoms with Crippen LogP contribution in [0.15, 0.2) is 34.1 Å². The minimum Gasteiger partial charge on any atom is -0.366 e. The van der Waals surface area contributed by atoms with Crippen molar-refractivity contribution in [1.29, 1.82) is 0 Å².